The molecule has 1 aromatic carbocycles. The molecule has 158 valence electrons. The Hall–Kier alpha value is -2.62. The topological polar surface area (TPSA) is 38.1 Å². The fourth-order valence-electron chi connectivity index (χ4n) is 5.10. The predicted molar refractivity (Wildman–Crippen MR) is 125 cm³/mol. The molecule has 1 aliphatic heterocycles. The van der Waals surface area contributed by atoms with Gasteiger partial charge in [0, 0.05) is 30.3 Å². The monoisotopic (exact) mass is 403 g/mol. The lowest BCUT2D eigenvalue weighted by Gasteiger charge is -2.30. The lowest BCUT2D eigenvalue weighted by atomic mass is 9.94. The predicted octanol–water partition coefficient (Wildman–Crippen LogP) is 5.72. The van der Waals surface area contributed by atoms with E-state index in [1.165, 1.54) is 60.2 Å². The number of hydrogen-bond acceptors (Lipinski definition) is 3. The molecule has 2 heterocycles. The van der Waals surface area contributed by atoms with E-state index in [9.17, 15) is 4.79 Å². The van der Waals surface area contributed by atoms with E-state index in [4.69, 9.17) is 4.98 Å². The number of carbonyl (C=O) groups excluding carboxylic acids is 1. The van der Waals surface area contributed by atoms with Crippen LogP contribution >= 0.6 is 0 Å². The Morgan fingerprint density at radius 2 is 1.97 bits per heavy atom. The van der Waals surface area contributed by atoms with Crippen LogP contribution in [0.5, 0.6) is 0 Å². The molecule has 0 saturated heterocycles. The van der Waals surface area contributed by atoms with Gasteiger partial charge in [-0.15, -0.1) is 0 Å². The van der Waals surface area contributed by atoms with E-state index >= 15 is 0 Å². The summed E-state index contributed by atoms with van der Waals surface area (Å²) in [5.41, 5.74) is 4.99. The maximum atomic E-state index is 11.1. The molecule has 0 spiro atoms. The number of aldehydes is 1. The summed E-state index contributed by atoms with van der Waals surface area (Å²) < 4.78 is 2.56. The Morgan fingerprint density at radius 3 is 2.77 bits per heavy atom. The first-order valence-electron chi connectivity index (χ1n) is 11.5. The van der Waals surface area contributed by atoms with E-state index in [1.54, 1.807) is 6.08 Å². The minimum absolute atomic E-state index is 0.470. The minimum Gasteiger partial charge on any atom is -0.364 e. The molecule has 0 atom stereocenters. The summed E-state index contributed by atoms with van der Waals surface area (Å²) in [4.78, 5) is 18.6. The third kappa shape index (κ3) is 4.28. The Labute approximate surface area is 180 Å². The van der Waals surface area contributed by atoms with Crippen molar-refractivity contribution in [2.24, 2.45) is 0 Å². The van der Waals surface area contributed by atoms with E-state index < -0.39 is 0 Å². The third-order valence-corrected chi connectivity index (χ3v) is 6.47. The lowest BCUT2D eigenvalue weighted by Crippen LogP contribution is -2.31. The molecule has 0 radical (unpaired) electrons. The zero-order chi connectivity index (χ0) is 20.8. The highest BCUT2D eigenvalue weighted by atomic mass is 16.1. The van der Waals surface area contributed by atoms with Crippen molar-refractivity contribution >= 4 is 23.0 Å². The number of fused-ring (bicyclic) bond motifs is 3. The first-order chi connectivity index (χ1) is 14.8. The standard InChI is InChI=1S/C26H33N3O/c1-2-3-4-5-6-10-15-25-27-26-22-14-11-18-28(19-20-30)23(22)16-17-24(26)29(25)21-12-8-7-9-13-21/h2-6,16-17,20-21H,1,7-15,18-19H2/b4-3-,6-5-. The van der Waals surface area contributed by atoms with E-state index in [1.807, 2.05) is 12.2 Å². The van der Waals surface area contributed by atoms with Crippen LogP contribution in [0.2, 0.25) is 0 Å². The summed E-state index contributed by atoms with van der Waals surface area (Å²) in [6.07, 6.45) is 21.7. The number of rotatable bonds is 8. The van der Waals surface area contributed by atoms with Gasteiger partial charge in [0.2, 0.25) is 0 Å². The van der Waals surface area contributed by atoms with Crippen LogP contribution < -0.4 is 4.90 Å². The summed E-state index contributed by atoms with van der Waals surface area (Å²) in [6.45, 7) is 5.13. The average molecular weight is 404 g/mol. The summed E-state index contributed by atoms with van der Waals surface area (Å²) in [6, 6.07) is 5.05. The number of hydrogen-bond donors (Lipinski definition) is 0. The van der Waals surface area contributed by atoms with Gasteiger partial charge >= 0.3 is 0 Å². The zero-order valence-corrected chi connectivity index (χ0v) is 17.9. The smallest absolute Gasteiger partial charge is 0.139 e. The van der Waals surface area contributed by atoms with Crippen LogP contribution in [0.3, 0.4) is 0 Å². The molecule has 1 aliphatic carbocycles. The van der Waals surface area contributed by atoms with Gasteiger partial charge in [-0.05, 0) is 44.2 Å². The number of anilines is 1. The second-order valence-corrected chi connectivity index (χ2v) is 8.42. The Balaban J connectivity index is 1.71. The molecule has 30 heavy (non-hydrogen) atoms. The van der Waals surface area contributed by atoms with Gasteiger partial charge in [-0.1, -0.05) is 56.2 Å². The van der Waals surface area contributed by atoms with Crippen molar-refractivity contribution in [3.8, 4) is 0 Å². The highest BCUT2D eigenvalue weighted by Crippen LogP contribution is 2.38. The van der Waals surface area contributed by atoms with Crippen LogP contribution in [-0.2, 0) is 17.6 Å². The van der Waals surface area contributed by atoms with Gasteiger partial charge in [0.05, 0.1) is 17.6 Å². The number of nitrogens with zero attached hydrogens (tertiary/aromatic N) is 3. The van der Waals surface area contributed by atoms with Crippen molar-refractivity contribution in [3.63, 3.8) is 0 Å². The molecule has 1 aromatic heterocycles. The van der Waals surface area contributed by atoms with Crippen molar-refractivity contribution in [3.05, 3.63) is 60.5 Å². The number of allylic oxidation sites excluding steroid dienone is 5. The molecule has 0 amide bonds. The minimum atomic E-state index is 0.470. The second kappa shape index (κ2) is 9.92. The van der Waals surface area contributed by atoms with Crippen LogP contribution in [0, 0.1) is 0 Å². The summed E-state index contributed by atoms with van der Waals surface area (Å²) >= 11 is 0. The van der Waals surface area contributed by atoms with Crippen LogP contribution in [-0.4, -0.2) is 28.9 Å². The van der Waals surface area contributed by atoms with Crippen molar-refractivity contribution in [2.45, 2.75) is 63.8 Å². The first kappa shape index (κ1) is 20.6. The van der Waals surface area contributed by atoms with Crippen LogP contribution in [0.25, 0.3) is 11.0 Å². The fourth-order valence-corrected chi connectivity index (χ4v) is 5.10. The van der Waals surface area contributed by atoms with E-state index in [0.29, 0.717) is 12.6 Å². The van der Waals surface area contributed by atoms with Crippen molar-refractivity contribution < 1.29 is 4.79 Å². The van der Waals surface area contributed by atoms with Gasteiger partial charge in [-0.25, -0.2) is 4.98 Å². The Kier molecular flexibility index (Phi) is 6.83. The molecule has 4 nitrogen and oxygen atoms in total. The molecular weight excluding hydrogens is 370 g/mol. The highest BCUT2D eigenvalue weighted by molar-refractivity contribution is 5.87. The maximum Gasteiger partial charge on any atom is 0.139 e. The molecule has 0 N–H and O–H groups in total. The lowest BCUT2D eigenvalue weighted by molar-refractivity contribution is -0.106. The van der Waals surface area contributed by atoms with Gasteiger partial charge in [0.25, 0.3) is 0 Å². The summed E-state index contributed by atoms with van der Waals surface area (Å²) in [5.74, 6) is 1.22. The number of benzene rings is 1. The molecule has 0 unspecified atom stereocenters. The van der Waals surface area contributed by atoms with E-state index in [0.717, 1.165) is 38.5 Å². The summed E-state index contributed by atoms with van der Waals surface area (Å²) in [5, 5.41) is 0. The van der Waals surface area contributed by atoms with Crippen LogP contribution in [0.4, 0.5) is 5.69 Å². The maximum absolute atomic E-state index is 11.1. The average Bonchev–Trinajstić information content (AvgIpc) is 3.16. The van der Waals surface area contributed by atoms with Crippen molar-refractivity contribution in [2.75, 3.05) is 18.0 Å². The quantitative estimate of drug-likeness (QED) is 0.418. The molecule has 4 heteroatoms. The number of carbonyl (C=O) groups is 1. The van der Waals surface area contributed by atoms with Crippen LogP contribution in [0.1, 0.15) is 62.4 Å². The second-order valence-electron chi connectivity index (χ2n) is 8.42. The molecule has 2 aliphatic rings. The molecule has 4 rings (SSSR count). The first-order valence-corrected chi connectivity index (χ1v) is 11.5. The normalized spacial score (nSPS) is 17.8. The molecule has 2 aromatic rings. The van der Waals surface area contributed by atoms with E-state index in [-0.39, 0.29) is 0 Å². The number of aryl methyl sites for hydroxylation is 2. The fraction of sp³-hybridized carbons (Fsp3) is 0.462. The van der Waals surface area contributed by atoms with Crippen LogP contribution in [0.15, 0.2) is 49.1 Å². The van der Waals surface area contributed by atoms with Gasteiger partial charge in [-0.2, -0.15) is 0 Å². The molecule has 1 saturated carbocycles. The number of aromatic nitrogens is 2. The molecule has 1 fully saturated rings. The highest BCUT2D eigenvalue weighted by Gasteiger charge is 2.25. The third-order valence-electron chi connectivity index (χ3n) is 6.47. The van der Waals surface area contributed by atoms with Gasteiger partial charge in [-0.3, -0.25) is 0 Å². The number of imidazole rings is 1. The Bertz CT molecular complexity index is 947. The van der Waals surface area contributed by atoms with E-state index in [2.05, 4.69) is 40.3 Å². The molecule has 0 bridgehead atoms. The SMILES string of the molecule is C=C/C=C\C=C/CCc1nc2c3c(ccc2n1C1CCCCC1)N(CC=O)CCC3. The van der Waals surface area contributed by atoms with Crippen molar-refractivity contribution in [1.29, 1.82) is 0 Å². The van der Waals surface area contributed by atoms with Gasteiger partial charge in [0.15, 0.2) is 0 Å². The Morgan fingerprint density at radius 1 is 1.10 bits per heavy atom. The summed E-state index contributed by atoms with van der Waals surface area (Å²) in [7, 11) is 0. The molecular formula is C26H33N3O. The zero-order valence-electron chi connectivity index (χ0n) is 17.9. The van der Waals surface area contributed by atoms with Crippen molar-refractivity contribution in [1.82, 2.24) is 9.55 Å². The van der Waals surface area contributed by atoms with Gasteiger partial charge < -0.3 is 14.3 Å². The van der Waals surface area contributed by atoms with Gasteiger partial charge in [0.1, 0.15) is 12.1 Å². The largest absolute Gasteiger partial charge is 0.364 e.